The highest BCUT2D eigenvalue weighted by atomic mass is 19.3. The van der Waals surface area contributed by atoms with Gasteiger partial charge in [-0.2, -0.15) is 0 Å². The van der Waals surface area contributed by atoms with Gasteiger partial charge in [-0.3, -0.25) is 0 Å². The van der Waals surface area contributed by atoms with Crippen LogP contribution < -0.4 is 10.6 Å². The molecular weight excluding hydrogens is 549 g/mol. The molecule has 226 valence electrons. The molecule has 2 aliphatic rings. The Morgan fingerprint density at radius 1 is 1.19 bits per heavy atom. The van der Waals surface area contributed by atoms with Gasteiger partial charge in [0.15, 0.2) is 0 Å². The van der Waals surface area contributed by atoms with Crippen LogP contribution in [0.1, 0.15) is 49.2 Å². The Labute approximate surface area is 242 Å². The van der Waals surface area contributed by atoms with E-state index in [1.807, 2.05) is 0 Å². The van der Waals surface area contributed by atoms with E-state index < -0.39 is 29.9 Å². The Morgan fingerprint density at radius 2 is 2.02 bits per heavy atom. The average molecular weight is 587 g/mol. The largest absolute Gasteiger partial charge is 0.480 e. The Kier molecular flexibility index (Phi) is 9.42. The number of benzene rings is 1. The lowest BCUT2D eigenvalue weighted by molar-refractivity contribution is -0.138. The average Bonchev–Trinajstić information content (AvgIpc) is 3.57. The number of pyridine rings is 1. The van der Waals surface area contributed by atoms with Crippen molar-refractivity contribution in [1.29, 1.82) is 0 Å². The van der Waals surface area contributed by atoms with Crippen molar-refractivity contribution < 1.29 is 27.8 Å². The minimum Gasteiger partial charge on any atom is -0.480 e. The van der Waals surface area contributed by atoms with Crippen molar-refractivity contribution in [3.05, 3.63) is 53.2 Å². The van der Waals surface area contributed by atoms with E-state index in [-0.39, 0.29) is 19.4 Å². The lowest BCUT2D eigenvalue weighted by Crippen LogP contribution is -2.37. The summed E-state index contributed by atoms with van der Waals surface area (Å²) >= 11 is 0. The topological polar surface area (TPSA) is 112 Å². The Morgan fingerprint density at radius 3 is 2.81 bits per heavy atom. The van der Waals surface area contributed by atoms with Gasteiger partial charge in [0.1, 0.15) is 35.4 Å². The quantitative estimate of drug-likeness (QED) is 0.216. The molecule has 3 heterocycles. The number of aromatic nitrogens is 3. The lowest BCUT2D eigenvalue weighted by Gasteiger charge is -2.25. The van der Waals surface area contributed by atoms with Gasteiger partial charge in [-0.15, -0.1) is 0 Å². The van der Waals surface area contributed by atoms with E-state index >= 15 is 0 Å². The van der Waals surface area contributed by atoms with Gasteiger partial charge in [0, 0.05) is 43.2 Å². The van der Waals surface area contributed by atoms with Crippen molar-refractivity contribution >= 4 is 28.5 Å². The smallest absolute Gasteiger partial charge is 0.326 e. The molecule has 42 heavy (non-hydrogen) atoms. The van der Waals surface area contributed by atoms with Gasteiger partial charge >= 0.3 is 5.97 Å². The predicted molar refractivity (Wildman–Crippen MR) is 154 cm³/mol. The number of aryl methyl sites for hydroxylation is 3. The van der Waals surface area contributed by atoms with Crippen LogP contribution in [0.5, 0.6) is 0 Å². The molecule has 0 amide bonds. The number of anilines is 2. The molecule has 1 fully saturated rings. The fraction of sp³-hybridized carbons (Fsp3) is 0.533. The highest BCUT2D eigenvalue weighted by Crippen LogP contribution is 2.44. The zero-order valence-corrected chi connectivity index (χ0v) is 23.7. The molecule has 9 nitrogen and oxygen atoms in total. The fourth-order valence-electron chi connectivity index (χ4n) is 5.24. The summed E-state index contributed by atoms with van der Waals surface area (Å²) in [4.78, 5) is 27.6. The lowest BCUT2D eigenvalue weighted by atomic mass is 10.1. The number of rotatable bonds is 15. The van der Waals surface area contributed by atoms with Crippen LogP contribution in [0.4, 0.5) is 24.8 Å². The second-order valence-corrected chi connectivity index (χ2v) is 11.1. The minimum atomic E-state index is -2.75. The van der Waals surface area contributed by atoms with Crippen molar-refractivity contribution in [2.24, 2.45) is 0 Å². The zero-order valence-electron chi connectivity index (χ0n) is 23.7. The summed E-state index contributed by atoms with van der Waals surface area (Å²) in [6.07, 6.45) is 3.63. The van der Waals surface area contributed by atoms with Gasteiger partial charge in [-0.1, -0.05) is 6.07 Å². The number of unbranched alkanes of at least 4 members (excludes halogenated alkanes) is 1. The predicted octanol–water partition coefficient (Wildman–Crippen LogP) is 4.83. The van der Waals surface area contributed by atoms with Gasteiger partial charge in [-0.25, -0.2) is 32.9 Å². The number of halogens is 3. The Hall–Kier alpha value is -3.51. The van der Waals surface area contributed by atoms with Crippen LogP contribution in [0.2, 0.25) is 0 Å². The molecule has 12 heteroatoms. The number of hydrogen-bond donors (Lipinski definition) is 3. The number of nitrogens with one attached hydrogen (secondary N) is 2. The van der Waals surface area contributed by atoms with Crippen molar-refractivity contribution in [2.75, 3.05) is 43.4 Å². The molecular formula is C30H37F3N6O3. The molecule has 3 N–H and O–H groups in total. The number of alkyl halides is 2. The van der Waals surface area contributed by atoms with Gasteiger partial charge in [0.25, 0.3) is 5.92 Å². The van der Waals surface area contributed by atoms with E-state index in [1.54, 1.807) is 6.92 Å². The second-order valence-electron chi connectivity index (χ2n) is 11.1. The van der Waals surface area contributed by atoms with Crippen molar-refractivity contribution in [3.8, 4) is 0 Å². The fourth-order valence-corrected chi connectivity index (χ4v) is 5.24. The van der Waals surface area contributed by atoms with Crippen LogP contribution in [-0.2, 0) is 22.4 Å². The molecule has 2 atom stereocenters. The molecule has 2 aromatic heterocycles. The van der Waals surface area contributed by atoms with E-state index in [9.17, 15) is 23.1 Å². The molecule has 0 saturated heterocycles. The van der Waals surface area contributed by atoms with E-state index in [4.69, 9.17) is 9.72 Å². The molecule has 0 bridgehead atoms. The minimum absolute atomic E-state index is 0.144. The number of carboxylic acids is 1. The SMILES string of the molecule is Cc1nc(NC(CCN(CCCCc2ccc3c(n2)NCCC3)CCOC2CC2(F)F)C(=O)O)c2ccc(F)cc2n1. The normalized spacial score (nSPS) is 18.0. The number of carboxylic acid groups (broad SMARTS) is 1. The van der Waals surface area contributed by atoms with Crippen molar-refractivity contribution in [3.63, 3.8) is 0 Å². The molecule has 0 spiro atoms. The maximum Gasteiger partial charge on any atom is 0.326 e. The highest BCUT2D eigenvalue weighted by Gasteiger charge is 2.58. The van der Waals surface area contributed by atoms with Crippen molar-refractivity contribution in [2.45, 2.75) is 69.9 Å². The molecule has 2 unspecified atom stereocenters. The maximum atomic E-state index is 13.8. The van der Waals surface area contributed by atoms with Gasteiger partial charge in [0.05, 0.1) is 12.1 Å². The van der Waals surface area contributed by atoms with Crippen LogP contribution in [0.25, 0.3) is 10.9 Å². The second kappa shape index (κ2) is 13.2. The third-order valence-electron chi connectivity index (χ3n) is 7.72. The summed E-state index contributed by atoms with van der Waals surface area (Å²) < 4.78 is 45.7. The first-order chi connectivity index (χ1) is 20.2. The first-order valence-corrected chi connectivity index (χ1v) is 14.6. The number of fused-ring (bicyclic) bond motifs is 2. The summed E-state index contributed by atoms with van der Waals surface area (Å²) in [5.74, 6) is -2.56. The van der Waals surface area contributed by atoms with Gasteiger partial charge in [-0.05, 0) is 75.8 Å². The molecule has 1 aliphatic carbocycles. The van der Waals surface area contributed by atoms with Gasteiger partial charge in [0.2, 0.25) is 0 Å². The number of nitrogens with zero attached hydrogens (tertiary/aromatic N) is 4. The van der Waals surface area contributed by atoms with Gasteiger partial charge < -0.3 is 25.4 Å². The van der Waals surface area contributed by atoms with E-state index in [0.717, 1.165) is 50.2 Å². The number of aliphatic carboxylic acids is 1. The molecule has 0 radical (unpaired) electrons. The molecule has 1 saturated carbocycles. The molecule has 3 aromatic rings. The van der Waals surface area contributed by atoms with Crippen LogP contribution in [0, 0.1) is 12.7 Å². The zero-order chi connectivity index (χ0) is 29.7. The summed E-state index contributed by atoms with van der Waals surface area (Å²) in [7, 11) is 0. The summed E-state index contributed by atoms with van der Waals surface area (Å²) in [5, 5.41) is 16.9. The highest BCUT2D eigenvalue weighted by molar-refractivity contribution is 5.91. The number of ether oxygens (including phenoxy) is 1. The number of hydrogen-bond acceptors (Lipinski definition) is 8. The van der Waals surface area contributed by atoms with E-state index in [2.05, 4.69) is 37.6 Å². The van der Waals surface area contributed by atoms with Crippen LogP contribution in [0.3, 0.4) is 0 Å². The third-order valence-corrected chi connectivity index (χ3v) is 7.72. The van der Waals surface area contributed by atoms with E-state index in [0.29, 0.717) is 42.2 Å². The maximum absolute atomic E-state index is 13.8. The number of carbonyl (C=O) groups is 1. The molecule has 5 rings (SSSR count). The Bertz CT molecular complexity index is 1400. The first kappa shape index (κ1) is 30.0. The van der Waals surface area contributed by atoms with Crippen LogP contribution in [-0.4, -0.2) is 81.8 Å². The van der Waals surface area contributed by atoms with Crippen LogP contribution >= 0.6 is 0 Å². The van der Waals surface area contributed by atoms with E-state index in [1.165, 1.54) is 23.8 Å². The third kappa shape index (κ3) is 7.86. The standard InChI is InChI=1S/C30H37F3N6O3/c1-19-35-25-17-21(31)8-10-23(25)28(36-19)38-24(29(40)41)11-14-39(15-16-42-26-18-30(26,32)33)13-3-2-6-22-9-7-20-5-4-12-34-27(20)37-22/h7-10,17,24,26H,2-6,11-16,18H2,1H3,(H,34,37)(H,40,41)(H,35,36,38). The van der Waals surface area contributed by atoms with Crippen LogP contribution in [0.15, 0.2) is 30.3 Å². The molecule has 1 aromatic carbocycles. The summed E-state index contributed by atoms with van der Waals surface area (Å²) in [6.45, 7) is 4.22. The van der Waals surface area contributed by atoms with Crippen molar-refractivity contribution in [1.82, 2.24) is 19.9 Å². The monoisotopic (exact) mass is 586 g/mol. The summed E-state index contributed by atoms with van der Waals surface area (Å²) in [5.41, 5.74) is 2.65. The summed E-state index contributed by atoms with van der Waals surface area (Å²) in [6, 6.07) is 7.32. The Balaban J connectivity index is 1.18. The molecule has 1 aliphatic heterocycles. The first-order valence-electron chi connectivity index (χ1n) is 14.6.